The fourth-order valence-electron chi connectivity index (χ4n) is 2.48. The zero-order chi connectivity index (χ0) is 13.8. The molecular formula is C14H17FN2O2. The van der Waals surface area contributed by atoms with Crippen LogP contribution in [0.5, 0.6) is 0 Å². The van der Waals surface area contributed by atoms with Gasteiger partial charge in [-0.2, -0.15) is 5.26 Å². The zero-order valence-corrected chi connectivity index (χ0v) is 10.8. The number of methoxy groups -OCH3 is 1. The number of aliphatic hydroxyl groups excluding tert-OH is 1. The quantitative estimate of drug-likeness (QED) is 0.890. The summed E-state index contributed by atoms with van der Waals surface area (Å²) in [6.07, 6.45) is 0.811. The maximum Gasteiger partial charge on any atom is 0.127 e. The van der Waals surface area contributed by atoms with Crippen molar-refractivity contribution in [3.05, 3.63) is 35.1 Å². The minimum Gasteiger partial charge on any atom is -0.395 e. The number of halogens is 1. The summed E-state index contributed by atoms with van der Waals surface area (Å²) >= 11 is 0. The van der Waals surface area contributed by atoms with Gasteiger partial charge >= 0.3 is 0 Å². The number of rotatable bonds is 4. The summed E-state index contributed by atoms with van der Waals surface area (Å²) in [5.74, 6) is -0.323. The van der Waals surface area contributed by atoms with Crippen molar-refractivity contribution in [1.29, 1.82) is 5.26 Å². The van der Waals surface area contributed by atoms with E-state index in [9.17, 15) is 9.50 Å². The van der Waals surface area contributed by atoms with E-state index in [1.54, 1.807) is 13.2 Å². The molecule has 0 radical (unpaired) electrons. The SMILES string of the molecule is CO[C@H]1C[C@@H](CO)N(Cc2cc(C#N)ccc2F)C1. The van der Waals surface area contributed by atoms with Crippen LogP contribution in [0.15, 0.2) is 18.2 Å². The second kappa shape index (κ2) is 6.11. The summed E-state index contributed by atoms with van der Waals surface area (Å²) in [6.45, 7) is 1.07. The van der Waals surface area contributed by atoms with E-state index in [1.165, 1.54) is 12.1 Å². The van der Waals surface area contributed by atoms with E-state index < -0.39 is 0 Å². The molecule has 1 heterocycles. The highest BCUT2D eigenvalue weighted by molar-refractivity contribution is 5.33. The monoisotopic (exact) mass is 264 g/mol. The van der Waals surface area contributed by atoms with E-state index in [0.717, 1.165) is 6.42 Å². The summed E-state index contributed by atoms with van der Waals surface area (Å²) in [5.41, 5.74) is 0.925. The molecule has 2 rings (SSSR count). The topological polar surface area (TPSA) is 56.5 Å². The molecule has 5 heteroatoms. The maximum atomic E-state index is 13.7. The normalized spacial score (nSPS) is 23.5. The lowest BCUT2D eigenvalue weighted by atomic mass is 10.1. The second-order valence-electron chi connectivity index (χ2n) is 4.78. The number of hydrogen-bond donors (Lipinski definition) is 1. The fourth-order valence-corrected chi connectivity index (χ4v) is 2.48. The molecule has 0 amide bonds. The Hall–Kier alpha value is -1.48. The van der Waals surface area contributed by atoms with Gasteiger partial charge in [0.1, 0.15) is 5.82 Å². The minimum absolute atomic E-state index is 0.0184. The fraction of sp³-hybridized carbons (Fsp3) is 0.500. The van der Waals surface area contributed by atoms with Gasteiger partial charge in [0.15, 0.2) is 0 Å². The molecule has 4 nitrogen and oxygen atoms in total. The van der Waals surface area contributed by atoms with Gasteiger partial charge in [0.2, 0.25) is 0 Å². The van der Waals surface area contributed by atoms with Crippen molar-refractivity contribution in [2.45, 2.75) is 25.1 Å². The molecule has 0 unspecified atom stereocenters. The van der Waals surface area contributed by atoms with Crippen LogP contribution < -0.4 is 0 Å². The first-order chi connectivity index (χ1) is 9.17. The average Bonchev–Trinajstić information content (AvgIpc) is 2.83. The lowest BCUT2D eigenvalue weighted by Gasteiger charge is -2.22. The van der Waals surface area contributed by atoms with E-state index in [4.69, 9.17) is 10.00 Å². The van der Waals surface area contributed by atoms with Crippen molar-refractivity contribution >= 4 is 0 Å². The summed E-state index contributed by atoms with van der Waals surface area (Å²) in [7, 11) is 1.64. The number of aliphatic hydroxyl groups is 1. The average molecular weight is 264 g/mol. The minimum atomic E-state index is -0.323. The molecule has 1 aliphatic heterocycles. The highest BCUT2D eigenvalue weighted by atomic mass is 19.1. The second-order valence-corrected chi connectivity index (χ2v) is 4.78. The molecule has 1 aromatic rings. The lowest BCUT2D eigenvalue weighted by molar-refractivity contribution is 0.107. The van der Waals surface area contributed by atoms with E-state index in [-0.39, 0.29) is 24.6 Å². The van der Waals surface area contributed by atoms with Crippen LogP contribution in [-0.2, 0) is 11.3 Å². The molecule has 0 bridgehead atoms. The van der Waals surface area contributed by atoms with Crippen molar-refractivity contribution in [2.75, 3.05) is 20.3 Å². The number of nitriles is 1. The third-order valence-electron chi connectivity index (χ3n) is 3.58. The van der Waals surface area contributed by atoms with Gasteiger partial charge in [0, 0.05) is 31.8 Å². The summed E-state index contributed by atoms with van der Waals surface area (Å²) in [4.78, 5) is 1.99. The first kappa shape index (κ1) is 13.9. The van der Waals surface area contributed by atoms with Crippen LogP contribution in [-0.4, -0.2) is 42.4 Å². The van der Waals surface area contributed by atoms with Gasteiger partial charge in [-0.3, -0.25) is 4.90 Å². The molecule has 19 heavy (non-hydrogen) atoms. The van der Waals surface area contributed by atoms with Crippen LogP contribution >= 0.6 is 0 Å². The molecule has 2 atom stereocenters. The Labute approximate surface area is 112 Å². The number of nitrogens with zero attached hydrogens (tertiary/aromatic N) is 2. The van der Waals surface area contributed by atoms with Gasteiger partial charge < -0.3 is 9.84 Å². The maximum absolute atomic E-state index is 13.7. The van der Waals surface area contributed by atoms with Crippen LogP contribution in [0.2, 0.25) is 0 Å². The van der Waals surface area contributed by atoms with Crippen molar-refractivity contribution < 1.29 is 14.2 Å². The highest BCUT2D eigenvalue weighted by Crippen LogP contribution is 2.23. The number of likely N-dealkylation sites (tertiary alicyclic amines) is 1. The van der Waals surface area contributed by atoms with Crippen LogP contribution in [0, 0.1) is 17.1 Å². The molecule has 0 saturated carbocycles. The van der Waals surface area contributed by atoms with Gasteiger partial charge in [0.25, 0.3) is 0 Å². The Bertz CT molecular complexity index is 487. The Morgan fingerprint density at radius 1 is 1.58 bits per heavy atom. The molecule has 1 saturated heterocycles. The number of hydrogen-bond acceptors (Lipinski definition) is 4. The molecular weight excluding hydrogens is 247 g/mol. The third-order valence-corrected chi connectivity index (χ3v) is 3.58. The third kappa shape index (κ3) is 3.10. The van der Waals surface area contributed by atoms with Crippen LogP contribution in [0.25, 0.3) is 0 Å². The number of benzene rings is 1. The van der Waals surface area contributed by atoms with Crippen molar-refractivity contribution in [3.63, 3.8) is 0 Å². The van der Waals surface area contributed by atoms with Crippen molar-refractivity contribution in [3.8, 4) is 6.07 Å². The number of ether oxygens (including phenoxy) is 1. The Morgan fingerprint density at radius 3 is 3.00 bits per heavy atom. The largest absolute Gasteiger partial charge is 0.395 e. The van der Waals surface area contributed by atoms with E-state index >= 15 is 0 Å². The molecule has 1 N–H and O–H groups in total. The molecule has 0 spiro atoms. The first-order valence-electron chi connectivity index (χ1n) is 6.24. The van der Waals surface area contributed by atoms with Crippen LogP contribution in [0.3, 0.4) is 0 Å². The molecule has 1 fully saturated rings. The summed E-state index contributed by atoms with van der Waals surface area (Å²) in [6, 6.07) is 6.32. The summed E-state index contributed by atoms with van der Waals surface area (Å²) < 4.78 is 19.0. The smallest absolute Gasteiger partial charge is 0.127 e. The molecule has 102 valence electrons. The predicted octanol–water partition coefficient (Wildman–Crippen LogP) is 1.28. The zero-order valence-electron chi connectivity index (χ0n) is 10.8. The van der Waals surface area contributed by atoms with E-state index in [1.807, 2.05) is 11.0 Å². The van der Waals surface area contributed by atoms with Crippen molar-refractivity contribution in [2.24, 2.45) is 0 Å². The van der Waals surface area contributed by atoms with Crippen LogP contribution in [0.4, 0.5) is 4.39 Å². The van der Waals surface area contributed by atoms with Crippen LogP contribution in [0.1, 0.15) is 17.5 Å². The van der Waals surface area contributed by atoms with Gasteiger partial charge in [-0.15, -0.1) is 0 Å². The molecule has 1 aliphatic rings. The van der Waals surface area contributed by atoms with Gasteiger partial charge in [-0.1, -0.05) is 0 Å². The molecule has 0 aliphatic carbocycles. The predicted molar refractivity (Wildman–Crippen MR) is 67.8 cm³/mol. The van der Waals surface area contributed by atoms with Gasteiger partial charge in [-0.25, -0.2) is 4.39 Å². The molecule has 0 aromatic heterocycles. The lowest BCUT2D eigenvalue weighted by Crippen LogP contribution is -2.32. The first-order valence-corrected chi connectivity index (χ1v) is 6.24. The Morgan fingerprint density at radius 2 is 2.37 bits per heavy atom. The molecule has 1 aromatic carbocycles. The Balaban J connectivity index is 2.14. The standard InChI is InChI=1S/C14H17FN2O2/c1-19-13-5-12(9-18)17(8-13)7-11-4-10(6-16)2-3-14(11)15/h2-4,12-13,18H,5,7-9H2,1H3/t12-,13-/m0/s1. The van der Waals surface area contributed by atoms with Crippen molar-refractivity contribution in [1.82, 2.24) is 4.90 Å². The van der Waals surface area contributed by atoms with Gasteiger partial charge in [0.05, 0.1) is 24.3 Å². The van der Waals surface area contributed by atoms with E-state index in [0.29, 0.717) is 24.2 Å². The Kier molecular flexibility index (Phi) is 4.48. The van der Waals surface area contributed by atoms with E-state index in [2.05, 4.69) is 0 Å². The highest BCUT2D eigenvalue weighted by Gasteiger charge is 2.31. The van der Waals surface area contributed by atoms with Gasteiger partial charge in [-0.05, 0) is 24.6 Å². The summed E-state index contributed by atoms with van der Waals surface area (Å²) in [5, 5.41) is 18.2.